The Morgan fingerprint density at radius 3 is 2.38 bits per heavy atom. The molecule has 7 heteroatoms. The number of hydrogen-bond acceptors (Lipinski definition) is 6. The number of benzene rings is 2. The number of rotatable bonds is 6. The first-order valence-electron chi connectivity index (χ1n) is 9.11. The SMILES string of the molecule is Cc1ccc(Oc2ccc(-c3noc([C@H](C)NC(=O)c4ccco4)n3)cc2)cc1. The Morgan fingerprint density at radius 2 is 1.72 bits per heavy atom. The monoisotopic (exact) mass is 389 g/mol. The maximum absolute atomic E-state index is 12.1. The second kappa shape index (κ2) is 8.02. The van der Waals surface area contributed by atoms with E-state index in [-0.39, 0.29) is 11.7 Å². The van der Waals surface area contributed by atoms with Crippen molar-refractivity contribution in [2.45, 2.75) is 19.9 Å². The Morgan fingerprint density at radius 1 is 1.03 bits per heavy atom. The third kappa shape index (κ3) is 4.35. The van der Waals surface area contributed by atoms with Gasteiger partial charge in [0.15, 0.2) is 5.76 Å². The molecular formula is C22H19N3O4. The van der Waals surface area contributed by atoms with E-state index < -0.39 is 6.04 Å². The molecular weight excluding hydrogens is 370 g/mol. The number of aryl methyl sites for hydroxylation is 1. The number of ether oxygens (including phenoxy) is 1. The molecule has 0 fully saturated rings. The van der Waals surface area contributed by atoms with Crippen LogP contribution in [-0.4, -0.2) is 16.0 Å². The largest absolute Gasteiger partial charge is 0.459 e. The molecule has 1 N–H and O–H groups in total. The minimum absolute atomic E-state index is 0.223. The fourth-order valence-electron chi connectivity index (χ4n) is 2.68. The maximum atomic E-state index is 12.1. The molecule has 0 unspecified atom stereocenters. The molecule has 1 atom stereocenters. The Balaban J connectivity index is 1.42. The smallest absolute Gasteiger partial charge is 0.287 e. The fraction of sp³-hybridized carbons (Fsp3) is 0.136. The minimum Gasteiger partial charge on any atom is -0.459 e. The summed E-state index contributed by atoms with van der Waals surface area (Å²) in [5.74, 6) is 2.09. The first-order chi connectivity index (χ1) is 14.1. The van der Waals surface area contributed by atoms with Crippen LogP contribution in [0.3, 0.4) is 0 Å². The van der Waals surface area contributed by atoms with Crippen molar-refractivity contribution in [3.63, 3.8) is 0 Å². The molecule has 2 heterocycles. The number of nitrogens with zero attached hydrogens (tertiary/aromatic N) is 2. The number of amides is 1. The highest BCUT2D eigenvalue weighted by Gasteiger charge is 2.19. The molecule has 1 amide bonds. The van der Waals surface area contributed by atoms with Crippen molar-refractivity contribution in [1.82, 2.24) is 15.5 Å². The van der Waals surface area contributed by atoms with Gasteiger partial charge in [-0.05, 0) is 62.4 Å². The lowest BCUT2D eigenvalue weighted by Gasteiger charge is -2.07. The first kappa shape index (κ1) is 18.5. The quantitative estimate of drug-likeness (QED) is 0.503. The summed E-state index contributed by atoms with van der Waals surface area (Å²) in [7, 11) is 0. The van der Waals surface area contributed by atoms with Crippen LogP contribution in [0, 0.1) is 6.92 Å². The number of hydrogen-bond donors (Lipinski definition) is 1. The second-order valence-electron chi connectivity index (χ2n) is 6.57. The molecule has 2 aromatic carbocycles. The van der Waals surface area contributed by atoms with Gasteiger partial charge in [0.05, 0.1) is 6.26 Å². The molecule has 7 nitrogen and oxygen atoms in total. The molecule has 29 heavy (non-hydrogen) atoms. The van der Waals surface area contributed by atoms with E-state index in [1.807, 2.05) is 55.5 Å². The number of carbonyl (C=O) groups excluding carboxylic acids is 1. The highest BCUT2D eigenvalue weighted by atomic mass is 16.5. The zero-order valence-corrected chi connectivity index (χ0v) is 16.0. The molecule has 146 valence electrons. The summed E-state index contributed by atoms with van der Waals surface area (Å²) in [5, 5.41) is 6.75. The molecule has 0 saturated carbocycles. The van der Waals surface area contributed by atoms with E-state index in [1.165, 1.54) is 11.8 Å². The lowest BCUT2D eigenvalue weighted by atomic mass is 10.2. The van der Waals surface area contributed by atoms with Crippen LogP contribution >= 0.6 is 0 Å². The van der Waals surface area contributed by atoms with Crippen molar-refractivity contribution in [2.75, 3.05) is 0 Å². The van der Waals surface area contributed by atoms with Crippen molar-refractivity contribution in [1.29, 1.82) is 0 Å². The average molecular weight is 389 g/mol. The summed E-state index contributed by atoms with van der Waals surface area (Å²) in [6, 6.07) is 18.0. The van der Waals surface area contributed by atoms with Crippen molar-refractivity contribution in [3.8, 4) is 22.9 Å². The molecule has 4 aromatic rings. The fourth-order valence-corrected chi connectivity index (χ4v) is 2.68. The van der Waals surface area contributed by atoms with Crippen molar-refractivity contribution in [2.24, 2.45) is 0 Å². The predicted octanol–water partition coefficient (Wildman–Crippen LogP) is 4.92. The summed E-state index contributed by atoms with van der Waals surface area (Å²) < 4.78 is 16.2. The van der Waals surface area contributed by atoms with E-state index >= 15 is 0 Å². The molecule has 4 rings (SSSR count). The summed E-state index contributed by atoms with van der Waals surface area (Å²) in [5.41, 5.74) is 1.95. The van der Waals surface area contributed by atoms with Crippen LogP contribution in [0.5, 0.6) is 11.5 Å². The Bertz CT molecular complexity index is 1080. The normalized spacial score (nSPS) is 11.8. The number of nitrogens with one attached hydrogen (secondary N) is 1. The van der Waals surface area contributed by atoms with E-state index in [0.717, 1.165) is 11.3 Å². The van der Waals surface area contributed by atoms with Crippen LogP contribution < -0.4 is 10.1 Å². The van der Waals surface area contributed by atoms with E-state index in [9.17, 15) is 4.79 Å². The van der Waals surface area contributed by atoms with Crippen LogP contribution in [0.25, 0.3) is 11.4 Å². The highest BCUT2D eigenvalue weighted by molar-refractivity contribution is 5.91. The van der Waals surface area contributed by atoms with Gasteiger partial charge < -0.3 is 19.0 Å². The van der Waals surface area contributed by atoms with Gasteiger partial charge in [-0.3, -0.25) is 4.79 Å². The Labute approximate surface area is 167 Å². The van der Waals surface area contributed by atoms with Crippen LogP contribution in [0.15, 0.2) is 75.9 Å². The second-order valence-corrected chi connectivity index (χ2v) is 6.57. The molecule has 0 spiro atoms. The van der Waals surface area contributed by atoms with Gasteiger partial charge in [0, 0.05) is 5.56 Å². The van der Waals surface area contributed by atoms with Crippen molar-refractivity contribution < 1.29 is 18.5 Å². The number of carbonyl (C=O) groups is 1. The molecule has 0 saturated heterocycles. The number of furan rings is 1. The first-order valence-corrected chi connectivity index (χ1v) is 9.11. The summed E-state index contributed by atoms with van der Waals surface area (Å²) in [6.45, 7) is 3.79. The zero-order chi connectivity index (χ0) is 20.2. The topological polar surface area (TPSA) is 90.4 Å². The van der Waals surface area contributed by atoms with Gasteiger partial charge in [-0.25, -0.2) is 0 Å². The zero-order valence-electron chi connectivity index (χ0n) is 16.0. The third-order valence-corrected chi connectivity index (χ3v) is 4.27. The van der Waals surface area contributed by atoms with Gasteiger partial charge in [-0.1, -0.05) is 22.9 Å². The van der Waals surface area contributed by atoms with Crippen molar-refractivity contribution in [3.05, 3.63) is 84.1 Å². The summed E-state index contributed by atoms with van der Waals surface area (Å²) in [6.07, 6.45) is 1.44. The van der Waals surface area contributed by atoms with Gasteiger partial charge in [-0.15, -0.1) is 0 Å². The molecule has 0 bridgehead atoms. The molecule has 0 aliphatic rings. The minimum atomic E-state index is -0.460. The lowest BCUT2D eigenvalue weighted by Crippen LogP contribution is -2.26. The molecule has 0 radical (unpaired) electrons. The third-order valence-electron chi connectivity index (χ3n) is 4.27. The lowest BCUT2D eigenvalue weighted by molar-refractivity contribution is 0.0904. The van der Waals surface area contributed by atoms with Crippen LogP contribution in [0.1, 0.15) is 35.0 Å². The standard InChI is InChI=1S/C22H19N3O4/c1-14-5-9-17(10-6-14)28-18-11-7-16(8-12-18)20-24-22(29-25-20)15(2)23-21(26)19-4-3-13-27-19/h3-13,15H,1-2H3,(H,23,26)/t15-/m0/s1. The van der Waals surface area contributed by atoms with E-state index in [2.05, 4.69) is 15.5 Å². The summed E-state index contributed by atoms with van der Waals surface area (Å²) in [4.78, 5) is 16.4. The Hall–Kier alpha value is -3.87. The molecule has 2 aromatic heterocycles. The van der Waals surface area contributed by atoms with E-state index in [1.54, 1.807) is 19.1 Å². The number of aromatic nitrogens is 2. The van der Waals surface area contributed by atoms with Crippen LogP contribution in [0.2, 0.25) is 0 Å². The van der Waals surface area contributed by atoms with E-state index in [4.69, 9.17) is 13.7 Å². The summed E-state index contributed by atoms with van der Waals surface area (Å²) >= 11 is 0. The average Bonchev–Trinajstić information content (AvgIpc) is 3.43. The van der Waals surface area contributed by atoms with Crippen LogP contribution in [-0.2, 0) is 0 Å². The van der Waals surface area contributed by atoms with Gasteiger partial charge >= 0.3 is 0 Å². The van der Waals surface area contributed by atoms with Crippen molar-refractivity contribution >= 4 is 5.91 Å². The van der Waals surface area contributed by atoms with Gasteiger partial charge in [0.2, 0.25) is 11.7 Å². The van der Waals surface area contributed by atoms with Crippen LogP contribution in [0.4, 0.5) is 0 Å². The molecule has 0 aliphatic carbocycles. The van der Waals surface area contributed by atoms with Gasteiger partial charge in [0.25, 0.3) is 5.91 Å². The Kier molecular flexibility index (Phi) is 5.11. The van der Waals surface area contributed by atoms with Gasteiger partial charge in [-0.2, -0.15) is 4.98 Å². The maximum Gasteiger partial charge on any atom is 0.287 e. The van der Waals surface area contributed by atoms with Gasteiger partial charge in [0.1, 0.15) is 17.5 Å². The van der Waals surface area contributed by atoms with E-state index in [0.29, 0.717) is 17.5 Å². The molecule has 0 aliphatic heterocycles. The highest BCUT2D eigenvalue weighted by Crippen LogP contribution is 2.25. The predicted molar refractivity (Wildman–Crippen MR) is 106 cm³/mol.